The lowest BCUT2D eigenvalue weighted by atomic mass is 10.1. The Hall–Kier alpha value is -2.15. The van der Waals surface area contributed by atoms with Crippen molar-refractivity contribution in [1.29, 1.82) is 0 Å². The molecule has 138 valence electrons. The zero-order valence-electron chi connectivity index (χ0n) is 14.8. The van der Waals surface area contributed by atoms with Gasteiger partial charge in [-0.15, -0.1) is 0 Å². The van der Waals surface area contributed by atoms with Crippen molar-refractivity contribution < 1.29 is 24.2 Å². The fraction of sp³-hybridized carbons (Fsp3) is 0.444. The summed E-state index contributed by atoms with van der Waals surface area (Å²) in [4.78, 5) is 23.2. The van der Waals surface area contributed by atoms with Gasteiger partial charge in [0.15, 0.2) is 11.5 Å². The topological polar surface area (TPSA) is 84.9 Å². The molecule has 0 saturated carbocycles. The van der Waals surface area contributed by atoms with Gasteiger partial charge in [0, 0.05) is 6.08 Å². The zero-order chi connectivity index (χ0) is 18.7. The lowest BCUT2D eigenvalue weighted by Gasteiger charge is -2.12. The van der Waals surface area contributed by atoms with Gasteiger partial charge in [0.05, 0.1) is 13.7 Å². The molecular weight excluding hydrogens is 342 g/mol. The smallest absolute Gasteiger partial charge is 0.326 e. The summed E-state index contributed by atoms with van der Waals surface area (Å²) in [5.74, 6) is 1.34. The Morgan fingerprint density at radius 3 is 2.68 bits per heavy atom. The number of amides is 1. The molecule has 0 aromatic heterocycles. The largest absolute Gasteiger partial charge is 0.493 e. The van der Waals surface area contributed by atoms with Crippen LogP contribution >= 0.6 is 11.8 Å². The zero-order valence-corrected chi connectivity index (χ0v) is 15.6. The van der Waals surface area contributed by atoms with E-state index in [1.165, 1.54) is 6.08 Å². The van der Waals surface area contributed by atoms with Crippen molar-refractivity contribution in [3.63, 3.8) is 0 Å². The van der Waals surface area contributed by atoms with Gasteiger partial charge in [-0.3, -0.25) is 4.79 Å². The van der Waals surface area contributed by atoms with E-state index in [2.05, 4.69) is 5.32 Å². The van der Waals surface area contributed by atoms with E-state index in [4.69, 9.17) is 9.47 Å². The van der Waals surface area contributed by atoms with E-state index >= 15 is 0 Å². The highest BCUT2D eigenvalue weighted by Crippen LogP contribution is 2.28. The predicted molar refractivity (Wildman–Crippen MR) is 100 cm³/mol. The number of rotatable bonds is 11. The van der Waals surface area contributed by atoms with Crippen LogP contribution in [-0.2, 0) is 9.59 Å². The van der Waals surface area contributed by atoms with Crippen LogP contribution in [0.1, 0.15) is 25.8 Å². The highest BCUT2D eigenvalue weighted by atomic mass is 32.2. The normalized spacial score (nSPS) is 12.0. The monoisotopic (exact) mass is 367 g/mol. The van der Waals surface area contributed by atoms with Crippen LogP contribution in [0.3, 0.4) is 0 Å². The number of carboxylic acid groups (broad SMARTS) is 1. The molecule has 1 rings (SSSR count). The van der Waals surface area contributed by atoms with Crippen LogP contribution in [0.5, 0.6) is 11.5 Å². The molecule has 6 nitrogen and oxygen atoms in total. The Morgan fingerprint density at radius 2 is 2.08 bits per heavy atom. The lowest BCUT2D eigenvalue weighted by molar-refractivity contribution is -0.141. The lowest BCUT2D eigenvalue weighted by Crippen LogP contribution is -2.40. The van der Waals surface area contributed by atoms with Crippen LogP contribution in [0.15, 0.2) is 24.3 Å². The maximum absolute atomic E-state index is 12.0. The molecule has 0 aliphatic heterocycles. The summed E-state index contributed by atoms with van der Waals surface area (Å²) in [5, 5.41) is 11.7. The quantitative estimate of drug-likeness (QED) is 0.462. The summed E-state index contributed by atoms with van der Waals surface area (Å²) in [6.07, 6.45) is 3.32. The van der Waals surface area contributed by atoms with Crippen molar-refractivity contribution in [2.45, 2.75) is 26.3 Å². The van der Waals surface area contributed by atoms with Gasteiger partial charge in [-0.05, 0) is 48.6 Å². The fourth-order valence-electron chi connectivity index (χ4n) is 2.06. The average molecular weight is 367 g/mol. The van der Waals surface area contributed by atoms with Crippen LogP contribution < -0.4 is 14.8 Å². The second-order valence-electron chi connectivity index (χ2n) is 5.06. The molecule has 0 aliphatic rings. The minimum atomic E-state index is -1.03. The van der Waals surface area contributed by atoms with Crippen molar-refractivity contribution in [2.75, 3.05) is 25.2 Å². The molecular formula is C18H25NO5S. The van der Waals surface area contributed by atoms with E-state index < -0.39 is 17.9 Å². The molecule has 0 radical (unpaired) electrons. The molecule has 2 N–H and O–H groups in total. The van der Waals surface area contributed by atoms with Gasteiger partial charge in [0.2, 0.25) is 5.91 Å². The summed E-state index contributed by atoms with van der Waals surface area (Å²) in [6.45, 7) is 4.42. The number of hydrogen-bond acceptors (Lipinski definition) is 5. The summed E-state index contributed by atoms with van der Waals surface area (Å²) < 4.78 is 10.7. The van der Waals surface area contributed by atoms with Crippen molar-refractivity contribution >= 4 is 29.7 Å². The van der Waals surface area contributed by atoms with Crippen LogP contribution in [0.4, 0.5) is 0 Å². The first-order chi connectivity index (χ1) is 12.0. The molecule has 0 bridgehead atoms. The van der Waals surface area contributed by atoms with Gasteiger partial charge in [-0.1, -0.05) is 13.0 Å². The fourth-order valence-corrected chi connectivity index (χ4v) is 2.75. The van der Waals surface area contributed by atoms with Gasteiger partial charge < -0.3 is 19.9 Å². The SMILES string of the molecule is CCOc1ccc(/C=C/C(=O)NC(CCSCC)C(=O)O)cc1OC. The van der Waals surface area contributed by atoms with E-state index in [0.29, 0.717) is 30.3 Å². The van der Waals surface area contributed by atoms with Gasteiger partial charge in [0.25, 0.3) is 0 Å². The molecule has 1 unspecified atom stereocenters. The van der Waals surface area contributed by atoms with Crippen LogP contribution in [0, 0.1) is 0 Å². The number of hydrogen-bond donors (Lipinski definition) is 2. The molecule has 0 fully saturated rings. The van der Waals surface area contributed by atoms with E-state index in [1.54, 1.807) is 43.1 Å². The molecule has 7 heteroatoms. The van der Waals surface area contributed by atoms with Gasteiger partial charge in [-0.25, -0.2) is 4.79 Å². The Morgan fingerprint density at radius 1 is 1.32 bits per heavy atom. The third kappa shape index (κ3) is 7.51. The van der Waals surface area contributed by atoms with Crippen molar-refractivity contribution in [3.05, 3.63) is 29.8 Å². The first-order valence-corrected chi connectivity index (χ1v) is 9.27. The maximum Gasteiger partial charge on any atom is 0.326 e. The van der Waals surface area contributed by atoms with Crippen molar-refractivity contribution in [2.24, 2.45) is 0 Å². The summed E-state index contributed by atoms with van der Waals surface area (Å²) in [6, 6.07) is 4.43. The number of thioether (sulfide) groups is 1. The number of methoxy groups -OCH3 is 1. The molecule has 1 amide bonds. The highest BCUT2D eigenvalue weighted by molar-refractivity contribution is 7.99. The average Bonchev–Trinajstić information content (AvgIpc) is 2.60. The number of carbonyl (C=O) groups is 2. The van der Waals surface area contributed by atoms with Crippen LogP contribution in [-0.4, -0.2) is 48.2 Å². The highest BCUT2D eigenvalue weighted by Gasteiger charge is 2.18. The molecule has 25 heavy (non-hydrogen) atoms. The Kier molecular flexibility index (Phi) is 9.54. The third-order valence-electron chi connectivity index (χ3n) is 3.28. The van der Waals surface area contributed by atoms with E-state index in [9.17, 15) is 14.7 Å². The minimum absolute atomic E-state index is 0.393. The maximum atomic E-state index is 12.0. The first-order valence-electron chi connectivity index (χ1n) is 8.11. The van der Waals surface area contributed by atoms with E-state index in [0.717, 1.165) is 11.3 Å². The van der Waals surface area contributed by atoms with Gasteiger partial charge in [0.1, 0.15) is 6.04 Å². The van der Waals surface area contributed by atoms with Crippen LogP contribution in [0.2, 0.25) is 0 Å². The Bertz CT molecular complexity index is 603. The first kappa shape index (κ1) is 20.9. The van der Waals surface area contributed by atoms with Gasteiger partial charge in [-0.2, -0.15) is 11.8 Å². The standard InChI is InChI=1S/C18H25NO5S/c1-4-24-15-8-6-13(12-16(15)23-3)7-9-17(20)19-14(18(21)22)10-11-25-5-2/h6-9,12,14H,4-5,10-11H2,1-3H3,(H,19,20)(H,21,22)/b9-7+. The molecule has 1 atom stereocenters. The molecule has 0 heterocycles. The molecule has 0 spiro atoms. The number of carboxylic acids is 1. The van der Waals surface area contributed by atoms with Crippen molar-refractivity contribution in [1.82, 2.24) is 5.32 Å². The molecule has 1 aromatic rings. The second-order valence-corrected chi connectivity index (χ2v) is 6.46. The summed E-state index contributed by atoms with van der Waals surface area (Å²) in [7, 11) is 1.55. The molecule has 0 saturated heterocycles. The number of nitrogens with one attached hydrogen (secondary N) is 1. The van der Waals surface area contributed by atoms with Crippen LogP contribution in [0.25, 0.3) is 6.08 Å². The number of ether oxygens (including phenoxy) is 2. The Labute approximate surface area is 152 Å². The summed E-state index contributed by atoms with van der Waals surface area (Å²) >= 11 is 1.64. The Balaban J connectivity index is 2.69. The van der Waals surface area contributed by atoms with Gasteiger partial charge >= 0.3 is 5.97 Å². The number of benzene rings is 1. The van der Waals surface area contributed by atoms with Crippen molar-refractivity contribution in [3.8, 4) is 11.5 Å². The number of aliphatic carboxylic acids is 1. The number of carbonyl (C=O) groups excluding carboxylic acids is 1. The molecule has 1 aromatic carbocycles. The van der Waals surface area contributed by atoms with E-state index in [-0.39, 0.29) is 0 Å². The predicted octanol–water partition coefficient (Wildman–Crippen LogP) is 2.82. The second kappa shape index (κ2) is 11.4. The molecule has 0 aliphatic carbocycles. The third-order valence-corrected chi connectivity index (χ3v) is 4.22. The van der Waals surface area contributed by atoms with E-state index in [1.807, 2.05) is 13.8 Å². The minimum Gasteiger partial charge on any atom is -0.493 e. The summed E-state index contributed by atoms with van der Waals surface area (Å²) in [5.41, 5.74) is 0.754.